The van der Waals surface area contributed by atoms with Crippen molar-refractivity contribution in [2.24, 2.45) is 0 Å². The highest BCUT2D eigenvalue weighted by atomic mass is 16.5. The van der Waals surface area contributed by atoms with Crippen LogP contribution in [0.4, 0.5) is 5.69 Å². The zero-order valence-corrected chi connectivity index (χ0v) is 16.4. The van der Waals surface area contributed by atoms with Gasteiger partial charge in [-0.25, -0.2) is 0 Å². The van der Waals surface area contributed by atoms with E-state index in [1.165, 1.54) is 4.90 Å². The van der Waals surface area contributed by atoms with Gasteiger partial charge in [0.15, 0.2) is 0 Å². The first-order chi connectivity index (χ1) is 14.1. The number of nitrogens with zero attached hydrogens (tertiary/aromatic N) is 1. The number of ether oxygens (including phenoxy) is 1. The van der Waals surface area contributed by atoms with Crippen molar-refractivity contribution in [3.05, 3.63) is 59.2 Å². The molecule has 2 aromatic carbocycles. The Morgan fingerprint density at radius 2 is 1.69 bits per heavy atom. The largest absolute Gasteiger partial charge is 0.497 e. The standard InChI is InChI=1S/C23H24N2O4/c1-29-18-10-7-15(8-11-18)13-21(26)24-16-9-12-19-20(14-16)23(28)25(22(19)27)17-5-3-2-4-6-17/h7-12,14,17H,2-6,13H2,1H3,(H,24,26). The maximum absolute atomic E-state index is 12.9. The van der Waals surface area contributed by atoms with Crippen LogP contribution in [0.25, 0.3) is 0 Å². The minimum atomic E-state index is -0.247. The quantitative estimate of drug-likeness (QED) is 0.785. The summed E-state index contributed by atoms with van der Waals surface area (Å²) < 4.78 is 5.12. The molecule has 0 radical (unpaired) electrons. The third-order valence-electron chi connectivity index (χ3n) is 5.67. The first kappa shape index (κ1) is 19.2. The van der Waals surface area contributed by atoms with Crippen molar-refractivity contribution in [3.63, 3.8) is 0 Å². The van der Waals surface area contributed by atoms with E-state index < -0.39 is 0 Å². The molecule has 1 heterocycles. The van der Waals surface area contributed by atoms with E-state index in [9.17, 15) is 14.4 Å². The highest BCUT2D eigenvalue weighted by Crippen LogP contribution is 2.32. The third-order valence-corrected chi connectivity index (χ3v) is 5.67. The topological polar surface area (TPSA) is 75.7 Å². The molecule has 1 saturated carbocycles. The molecule has 2 aromatic rings. The first-order valence-electron chi connectivity index (χ1n) is 10.0. The molecule has 1 aliphatic carbocycles. The predicted octanol–water partition coefficient (Wildman–Crippen LogP) is 3.81. The van der Waals surface area contributed by atoms with Gasteiger partial charge in [0.2, 0.25) is 5.91 Å². The molecule has 0 saturated heterocycles. The lowest BCUT2D eigenvalue weighted by Gasteiger charge is -2.29. The van der Waals surface area contributed by atoms with Crippen molar-refractivity contribution >= 4 is 23.4 Å². The number of carbonyl (C=O) groups is 3. The van der Waals surface area contributed by atoms with Gasteiger partial charge in [0, 0.05) is 11.7 Å². The number of benzene rings is 2. The van der Waals surface area contributed by atoms with Gasteiger partial charge >= 0.3 is 0 Å². The molecule has 4 rings (SSSR count). The Kier molecular flexibility index (Phi) is 5.34. The van der Waals surface area contributed by atoms with Crippen LogP contribution in [0.15, 0.2) is 42.5 Å². The van der Waals surface area contributed by atoms with Gasteiger partial charge in [-0.15, -0.1) is 0 Å². The molecule has 1 aliphatic heterocycles. The van der Waals surface area contributed by atoms with Crippen LogP contribution in [0.2, 0.25) is 0 Å². The fraction of sp³-hybridized carbons (Fsp3) is 0.348. The summed E-state index contributed by atoms with van der Waals surface area (Å²) >= 11 is 0. The lowest BCUT2D eigenvalue weighted by atomic mass is 9.94. The number of carbonyl (C=O) groups excluding carboxylic acids is 3. The molecule has 0 bridgehead atoms. The van der Waals surface area contributed by atoms with E-state index in [-0.39, 0.29) is 30.2 Å². The van der Waals surface area contributed by atoms with Crippen molar-refractivity contribution in [3.8, 4) is 5.75 Å². The van der Waals surface area contributed by atoms with Crippen molar-refractivity contribution < 1.29 is 19.1 Å². The zero-order valence-electron chi connectivity index (χ0n) is 16.4. The zero-order chi connectivity index (χ0) is 20.4. The molecule has 2 aliphatic rings. The smallest absolute Gasteiger partial charge is 0.261 e. The minimum absolute atomic E-state index is 0.00994. The number of nitrogens with one attached hydrogen (secondary N) is 1. The Bertz CT molecular complexity index is 946. The van der Waals surface area contributed by atoms with Gasteiger partial charge in [0.25, 0.3) is 11.8 Å². The number of rotatable bonds is 5. The number of anilines is 1. The van der Waals surface area contributed by atoms with Gasteiger partial charge < -0.3 is 10.1 Å². The molecular formula is C23H24N2O4. The molecule has 29 heavy (non-hydrogen) atoms. The second-order valence-electron chi connectivity index (χ2n) is 7.61. The van der Waals surface area contributed by atoms with Crippen LogP contribution in [0.3, 0.4) is 0 Å². The molecule has 1 N–H and O–H groups in total. The molecular weight excluding hydrogens is 368 g/mol. The second-order valence-corrected chi connectivity index (χ2v) is 7.61. The van der Waals surface area contributed by atoms with Crippen LogP contribution in [0.1, 0.15) is 58.4 Å². The number of imide groups is 1. The van der Waals surface area contributed by atoms with E-state index in [2.05, 4.69) is 5.32 Å². The van der Waals surface area contributed by atoms with Crippen LogP contribution in [-0.2, 0) is 11.2 Å². The normalized spacial score (nSPS) is 16.7. The lowest BCUT2D eigenvalue weighted by molar-refractivity contribution is -0.115. The molecule has 1 fully saturated rings. The van der Waals surface area contributed by atoms with Gasteiger partial charge in [-0.2, -0.15) is 0 Å². The fourth-order valence-electron chi connectivity index (χ4n) is 4.14. The van der Waals surface area contributed by atoms with Crippen molar-refractivity contribution in [2.45, 2.75) is 44.6 Å². The lowest BCUT2D eigenvalue weighted by Crippen LogP contribution is -2.40. The Labute approximate surface area is 169 Å². The maximum atomic E-state index is 12.9. The van der Waals surface area contributed by atoms with Crippen LogP contribution in [0, 0.1) is 0 Å². The van der Waals surface area contributed by atoms with Crippen LogP contribution >= 0.6 is 0 Å². The highest BCUT2D eigenvalue weighted by Gasteiger charge is 2.40. The number of hydrogen-bond acceptors (Lipinski definition) is 4. The summed E-state index contributed by atoms with van der Waals surface area (Å²) in [6.45, 7) is 0. The third kappa shape index (κ3) is 3.88. The highest BCUT2D eigenvalue weighted by molar-refractivity contribution is 6.22. The van der Waals surface area contributed by atoms with Crippen LogP contribution < -0.4 is 10.1 Å². The molecule has 0 spiro atoms. The van der Waals surface area contributed by atoms with Gasteiger partial charge in [0.1, 0.15) is 5.75 Å². The number of amides is 3. The molecule has 6 nitrogen and oxygen atoms in total. The maximum Gasteiger partial charge on any atom is 0.261 e. The van der Waals surface area contributed by atoms with Crippen LogP contribution in [-0.4, -0.2) is 35.8 Å². The Balaban J connectivity index is 1.46. The van der Waals surface area contributed by atoms with Crippen molar-refractivity contribution in [2.75, 3.05) is 12.4 Å². The Morgan fingerprint density at radius 1 is 1.00 bits per heavy atom. The number of hydrogen-bond donors (Lipinski definition) is 1. The van der Waals surface area contributed by atoms with E-state index >= 15 is 0 Å². The first-order valence-corrected chi connectivity index (χ1v) is 10.0. The minimum Gasteiger partial charge on any atom is -0.497 e. The van der Waals surface area contributed by atoms with Crippen molar-refractivity contribution in [1.29, 1.82) is 0 Å². The molecule has 150 valence electrons. The number of methoxy groups -OCH3 is 1. The number of fused-ring (bicyclic) bond motifs is 1. The summed E-state index contributed by atoms with van der Waals surface area (Å²) in [7, 11) is 1.59. The summed E-state index contributed by atoms with van der Waals surface area (Å²) in [6, 6.07) is 12.2. The monoisotopic (exact) mass is 392 g/mol. The molecule has 0 aromatic heterocycles. The SMILES string of the molecule is COc1ccc(CC(=O)Nc2ccc3c(c2)C(=O)N(C2CCCCC2)C3=O)cc1. The average molecular weight is 392 g/mol. The van der Waals surface area contributed by atoms with Crippen LogP contribution in [0.5, 0.6) is 5.75 Å². The predicted molar refractivity (Wildman–Crippen MR) is 109 cm³/mol. The van der Waals surface area contributed by atoms with E-state index in [1.54, 1.807) is 25.3 Å². The van der Waals surface area contributed by atoms with Gasteiger partial charge in [-0.1, -0.05) is 31.4 Å². The summed E-state index contributed by atoms with van der Waals surface area (Å²) in [5.74, 6) is 0.0886. The summed E-state index contributed by atoms with van der Waals surface area (Å²) in [5.41, 5.74) is 2.18. The molecule has 6 heteroatoms. The summed E-state index contributed by atoms with van der Waals surface area (Å²) in [5, 5.41) is 2.83. The molecule has 0 unspecified atom stereocenters. The fourth-order valence-corrected chi connectivity index (χ4v) is 4.14. The van der Waals surface area contributed by atoms with E-state index in [1.807, 2.05) is 24.3 Å². The average Bonchev–Trinajstić information content (AvgIpc) is 2.99. The summed E-state index contributed by atoms with van der Waals surface area (Å²) in [4.78, 5) is 39.4. The van der Waals surface area contributed by atoms with Gasteiger partial charge in [-0.3, -0.25) is 19.3 Å². The van der Waals surface area contributed by atoms with E-state index in [0.717, 1.165) is 43.4 Å². The Hall–Kier alpha value is -3.15. The van der Waals surface area contributed by atoms with Crippen molar-refractivity contribution in [1.82, 2.24) is 4.90 Å². The Morgan fingerprint density at radius 3 is 2.38 bits per heavy atom. The second kappa shape index (κ2) is 8.07. The van der Waals surface area contributed by atoms with Gasteiger partial charge in [0.05, 0.1) is 24.7 Å². The molecule has 3 amide bonds. The van der Waals surface area contributed by atoms with E-state index in [0.29, 0.717) is 16.8 Å². The van der Waals surface area contributed by atoms with E-state index in [4.69, 9.17) is 4.74 Å². The van der Waals surface area contributed by atoms with Gasteiger partial charge in [-0.05, 0) is 48.7 Å². The summed E-state index contributed by atoms with van der Waals surface area (Å²) in [6.07, 6.45) is 5.20. The molecule has 0 atom stereocenters.